The summed E-state index contributed by atoms with van der Waals surface area (Å²) in [6, 6.07) is 24.3. The third-order valence-corrected chi connectivity index (χ3v) is 7.66. The molecule has 0 spiro atoms. The Bertz CT molecular complexity index is 1500. The van der Waals surface area contributed by atoms with E-state index < -0.39 is 36.1 Å². The predicted octanol–water partition coefficient (Wildman–Crippen LogP) is 3.98. The summed E-state index contributed by atoms with van der Waals surface area (Å²) < 4.78 is 16.8. The molecule has 1 aliphatic heterocycles. The number of amides is 3. The first-order chi connectivity index (χ1) is 23.3. The molecule has 1 heterocycles. The molecule has 3 aromatic carbocycles. The highest BCUT2D eigenvalue weighted by molar-refractivity contribution is 5.86. The molecular weight excluding hydrogens is 614 g/mol. The maximum absolute atomic E-state index is 13.5. The number of hydrogen-bond donors (Lipinski definition) is 4. The van der Waals surface area contributed by atoms with E-state index >= 15 is 0 Å². The molecule has 11 nitrogen and oxygen atoms in total. The molecule has 0 saturated heterocycles. The van der Waals surface area contributed by atoms with Crippen molar-refractivity contribution in [1.29, 1.82) is 0 Å². The highest BCUT2D eigenvalue weighted by atomic mass is 16.6. The van der Waals surface area contributed by atoms with Gasteiger partial charge in [-0.1, -0.05) is 84.9 Å². The second-order valence-electron chi connectivity index (χ2n) is 11.7. The standard InChI is InChI=1S/C37H43N3O8/c1-26(22-41)38-34(42)21-30-14-8-9-15-33(40-37(45)48-24-29-12-6-3-7-13-29)36(44)47-25-31(39-35(30)43)20-27-16-18-32(19-17-27)46-23-28-10-4-2-5-11-28/h2-13,16-19,26,30-31,33,41H,14-15,20-25H2,1H3,(H,38,42)(H,39,43)(H,40,45)/t26-,30-,31+,33-/m1/s1. The lowest BCUT2D eigenvalue weighted by atomic mass is 9.97. The molecule has 0 saturated carbocycles. The zero-order chi connectivity index (χ0) is 34.1. The third-order valence-electron chi connectivity index (χ3n) is 7.66. The van der Waals surface area contributed by atoms with Crippen LogP contribution in [0.15, 0.2) is 97.1 Å². The van der Waals surface area contributed by atoms with Gasteiger partial charge in [-0.2, -0.15) is 0 Å². The number of aliphatic hydroxyl groups excluding tert-OH is 1. The van der Waals surface area contributed by atoms with Crippen molar-refractivity contribution in [3.8, 4) is 5.75 Å². The van der Waals surface area contributed by atoms with Gasteiger partial charge in [0.25, 0.3) is 0 Å². The van der Waals surface area contributed by atoms with E-state index in [1.807, 2.05) is 84.9 Å². The second-order valence-corrected chi connectivity index (χ2v) is 11.7. The number of benzene rings is 3. The summed E-state index contributed by atoms with van der Waals surface area (Å²) in [5, 5.41) is 17.6. The summed E-state index contributed by atoms with van der Waals surface area (Å²) in [4.78, 5) is 51.9. The van der Waals surface area contributed by atoms with E-state index in [2.05, 4.69) is 16.0 Å². The third kappa shape index (κ3) is 12.2. The van der Waals surface area contributed by atoms with Gasteiger partial charge in [-0.15, -0.1) is 0 Å². The van der Waals surface area contributed by atoms with Crippen LogP contribution in [-0.2, 0) is 43.5 Å². The quantitative estimate of drug-likeness (QED) is 0.169. The van der Waals surface area contributed by atoms with Gasteiger partial charge in [-0.05, 0) is 55.0 Å². The van der Waals surface area contributed by atoms with E-state index in [9.17, 15) is 24.3 Å². The van der Waals surface area contributed by atoms with Gasteiger partial charge in [0.15, 0.2) is 0 Å². The fraction of sp³-hybridized carbons (Fsp3) is 0.351. The van der Waals surface area contributed by atoms with Crippen molar-refractivity contribution in [2.45, 2.75) is 63.9 Å². The number of cyclic esters (lactones) is 1. The SMILES string of the molecule is C[C@H](CO)NC(=O)C[C@H]1CC=CC[C@@H](NC(=O)OCc2ccccc2)C(=O)OC[C@H](Cc2ccc(OCc3ccccc3)cc2)NC1=O. The first-order valence-electron chi connectivity index (χ1n) is 16.0. The Morgan fingerprint density at radius 2 is 1.54 bits per heavy atom. The lowest BCUT2D eigenvalue weighted by molar-refractivity contribution is -0.147. The van der Waals surface area contributed by atoms with Crippen LogP contribution >= 0.6 is 0 Å². The number of ether oxygens (including phenoxy) is 3. The summed E-state index contributed by atoms with van der Waals surface area (Å²) in [6.45, 7) is 1.73. The molecular formula is C37H43N3O8. The number of carbonyl (C=O) groups excluding carboxylic acids is 4. The number of aliphatic hydroxyl groups is 1. The van der Waals surface area contributed by atoms with Crippen molar-refractivity contribution in [2.24, 2.45) is 5.92 Å². The van der Waals surface area contributed by atoms with Crippen molar-refractivity contribution in [1.82, 2.24) is 16.0 Å². The molecule has 48 heavy (non-hydrogen) atoms. The van der Waals surface area contributed by atoms with E-state index in [1.165, 1.54) is 0 Å². The van der Waals surface area contributed by atoms with Gasteiger partial charge in [0.1, 0.15) is 31.6 Å². The molecule has 0 aliphatic carbocycles. The summed E-state index contributed by atoms with van der Waals surface area (Å²) in [5.41, 5.74) is 2.70. The average molecular weight is 658 g/mol. The van der Waals surface area contributed by atoms with Crippen LogP contribution in [0.4, 0.5) is 4.79 Å². The highest BCUT2D eigenvalue weighted by Crippen LogP contribution is 2.18. The van der Waals surface area contributed by atoms with Crippen molar-refractivity contribution in [3.63, 3.8) is 0 Å². The van der Waals surface area contributed by atoms with Crippen LogP contribution in [0.2, 0.25) is 0 Å². The van der Waals surface area contributed by atoms with Crippen molar-refractivity contribution >= 4 is 23.9 Å². The van der Waals surface area contributed by atoms with Crippen molar-refractivity contribution < 1.29 is 38.5 Å². The number of allylic oxidation sites excluding steroid dienone is 1. The van der Waals surface area contributed by atoms with Crippen LogP contribution in [0, 0.1) is 5.92 Å². The first kappa shape index (κ1) is 35.7. The molecule has 4 rings (SSSR count). The van der Waals surface area contributed by atoms with Crippen LogP contribution < -0.4 is 20.7 Å². The molecule has 0 bridgehead atoms. The molecule has 4 N–H and O–H groups in total. The zero-order valence-corrected chi connectivity index (χ0v) is 27.0. The zero-order valence-electron chi connectivity index (χ0n) is 27.0. The van der Waals surface area contributed by atoms with Crippen molar-refractivity contribution in [2.75, 3.05) is 13.2 Å². The van der Waals surface area contributed by atoms with Crippen LogP contribution in [0.1, 0.15) is 42.9 Å². The van der Waals surface area contributed by atoms with Gasteiger partial charge in [-0.3, -0.25) is 9.59 Å². The van der Waals surface area contributed by atoms with Crippen LogP contribution in [0.25, 0.3) is 0 Å². The van der Waals surface area contributed by atoms with Gasteiger partial charge in [0, 0.05) is 12.5 Å². The van der Waals surface area contributed by atoms with Crippen LogP contribution in [0.5, 0.6) is 5.75 Å². The Kier molecular flexibility index (Phi) is 14.0. The van der Waals surface area contributed by atoms with Gasteiger partial charge in [0.2, 0.25) is 11.8 Å². The van der Waals surface area contributed by atoms with Gasteiger partial charge < -0.3 is 35.3 Å². The number of esters is 1. The van der Waals surface area contributed by atoms with Crippen LogP contribution in [0.3, 0.4) is 0 Å². The molecule has 0 radical (unpaired) electrons. The summed E-state index contributed by atoms with van der Waals surface area (Å²) in [5.74, 6) is -1.45. The number of rotatable bonds is 12. The summed E-state index contributed by atoms with van der Waals surface area (Å²) in [6.07, 6.45) is 3.13. The van der Waals surface area contributed by atoms with E-state index in [0.717, 1.165) is 16.7 Å². The molecule has 0 fully saturated rings. The van der Waals surface area contributed by atoms with Gasteiger partial charge in [0.05, 0.1) is 18.6 Å². The Hall–Kier alpha value is -5.16. The Balaban J connectivity index is 1.45. The normalized spacial score (nSPS) is 19.0. The minimum absolute atomic E-state index is 0.0348. The van der Waals surface area contributed by atoms with E-state index in [4.69, 9.17) is 14.2 Å². The molecule has 0 aromatic heterocycles. The topological polar surface area (TPSA) is 152 Å². The monoisotopic (exact) mass is 657 g/mol. The first-order valence-corrected chi connectivity index (χ1v) is 16.0. The van der Waals surface area contributed by atoms with E-state index in [0.29, 0.717) is 18.8 Å². The Morgan fingerprint density at radius 1 is 0.896 bits per heavy atom. The predicted molar refractivity (Wildman–Crippen MR) is 179 cm³/mol. The summed E-state index contributed by atoms with van der Waals surface area (Å²) in [7, 11) is 0. The molecule has 254 valence electrons. The van der Waals surface area contributed by atoms with Gasteiger partial charge in [-0.25, -0.2) is 9.59 Å². The highest BCUT2D eigenvalue weighted by Gasteiger charge is 2.28. The van der Waals surface area contributed by atoms with Gasteiger partial charge >= 0.3 is 12.1 Å². The molecule has 1 aliphatic rings. The lowest BCUT2D eigenvalue weighted by Gasteiger charge is -2.25. The number of alkyl carbamates (subject to hydrolysis) is 1. The minimum atomic E-state index is -1.03. The second kappa shape index (κ2) is 18.9. The molecule has 3 amide bonds. The smallest absolute Gasteiger partial charge is 0.408 e. The molecule has 0 unspecified atom stereocenters. The maximum Gasteiger partial charge on any atom is 0.408 e. The fourth-order valence-electron chi connectivity index (χ4n) is 5.00. The van der Waals surface area contributed by atoms with Crippen molar-refractivity contribution in [3.05, 3.63) is 114 Å². The molecule has 11 heteroatoms. The largest absolute Gasteiger partial charge is 0.489 e. The maximum atomic E-state index is 13.5. The minimum Gasteiger partial charge on any atom is -0.489 e. The number of carbonyl (C=O) groups is 4. The fourth-order valence-corrected chi connectivity index (χ4v) is 5.00. The summed E-state index contributed by atoms with van der Waals surface area (Å²) >= 11 is 0. The number of nitrogens with one attached hydrogen (secondary N) is 3. The number of hydrogen-bond acceptors (Lipinski definition) is 8. The van der Waals surface area contributed by atoms with E-state index in [-0.39, 0.29) is 50.9 Å². The van der Waals surface area contributed by atoms with E-state index in [1.54, 1.807) is 19.1 Å². The Morgan fingerprint density at radius 3 is 2.21 bits per heavy atom. The molecule has 3 aromatic rings. The molecule has 4 atom stereocenters. The van der Waals surface area contributed by atoms with Crippen LogP contribution in [-0.4, -0.2) is 60.3 Å². The average Bonchev–Trinajstić information content (AvgIpc) is 3.10. The lowest BCUT2D eigenvalue weighted by Crippen LogP contribution is -2.47. The Labute approximate surface area is 280 Å².